The van der Waals surface area contributed by atoms with Crippen molar-refractivity contribution in [1.29, 1.82) is 0 Å². The zero-order valence-corrected chi connectivity index (χ0v) is 11.0. The second kappa shape index (κ2) is 4.80. The lowest BCUT2D eigenvalue weighted by atomic mass is 10.1. The van der Waals surface area contributed by atoms with Gasteiger partial charge in [0.15, 0.2) is 0 Å². The Morgan fingerprint density at radius 2 is 1.94 bits per heavy atom. The van der Waals surface area contributed by atoms with Crippen LogP contribution >= 0.6 is 0 Å². The minimum atomic E-state index is -0.316. The average molecular weight is 246 g/mol. The van der Waals surface area contributed by atoms with Crippen molar-refractivity contribution in [2.45, 2.75) is 19.4 Å². The molecular formula is C14H18N2O2. The van der Waals surface area contributed by atoms with Gasteiger partial charge in [-0.15, -0.1) is 0 Å². The van der Waals surface area contributed by atoms with Gasteiger partial charge in [0, 0.05) is 26.2 Å². The van der Waals surface area contributed by atoms with E-state index in [0.29, 0.717) is 12.0 Å². The van der Waals surface area contributed by atoms with E-state index in [1.165, 1.54) is 0 Å². The van der Waals surface area contributed by atoms with E-state index in [1.54, 1.807) is 36.0 Å². The molecule has 1 aromatic carbocycles. The molecule has 1 heterocycles. The molecule has 0 N–H and O–H groups in total. The van der Waals surface area contributed by atoms with Gasteiger partial charge in [-0.3, -0.25) is 9.59 Å². The molecule has 0 bridgehead atoms. The van der Waals surface area contributed by atoms with E-state index in [4.69, 9.17) is 0 Å². The van der Waals surface area contributed by atoms with Crippen molar-refractivity contribution in [2.75, 3.05) is 20.6 Å². The number of carbonyl (C=O) groups is 2. The van der Waals surface area contributed by atoms with Crippen molar-refractivity contribution in [1.82, 2.24) is 9.80 Å². The third kappa shape index (κ3) is 2.23. The highest BCUT2D eigenvalue weighted by molar-refractivity contribution is 5.97. The molecule has 0 spiro atoms. The van der Waals surface area contributed by atoms with E-state index >= 15 is 0 Å². The van der Waals surface area contributed by atoms with Gasteiger partial charge in [-0.1, -0.05) is 17.7 Å². The van der Waals surface area contributed by atoms with Gasteiger partial charge in [-0.05, 0) is 25.5 Å². The van der Waals surface area contributed by atoms with Crippen molar-refractivity contribution >= 4 is 11.8 Å². The highest BCUT2D eigenvalue weighted by Gasteiger charge is 2.34. The van der Waals surface area contributed by atoms with Crippen LogP contribution < -0.4 is 0 Å². The predicted octanol–water partition coefficient (Wildman–Crippen LogP) is 1.30. The van der Waals surface area contributed by atoms with Gasteiger partial charge in [-0.25, -0.2) is 0 Å². The van der Waals surface area contributed by atoms with Crippen LogP contribution in [0.2, 0.25) is 0 Å². The largest absolute Gasteiger partial charge is 0.344 e. The topological polar surface area (TPSA) is 40.6 Å². The van der Waals surface area contributed by atoms with Gasteiger partial charge in [0.05, 0.1) is 0 Å². The van der Waals surface area contributed by atoms with Crippen molar-refractivity contribution in [2.24, 2.45) is 0 Å². The first-order valence-electron chi connectivity index (χ1n) is 6.09. The number of hydrogen-bond donors (Lipinski definition) is 0. The lowest BCUT2D eigenvalue weighted by Crippen LogP contribution is -2.42. The molecule has 1 aliphatic rings. The molecular weight excluding hydrogens is 228 g/mol. The molecule has 18 heavy (non-hydrogen) atoms. The summed E-state index contributed by atoms with van der Waals surface area (Å²) in [5.41, 5.74) is 1.75. The summed E-state index contributed by atoms with van der Waals surface area (Å²) >= 11 is 0. The van der Waals surface area contributed by atoms with Crippen LogP contribution in [0.3, 0.4) is 0 Å². The molecule has 2 amide bonds. The molecule has 4 nitrogen and oxygen atoms in total. The Balaban J connectivity index is 2.14. The molecule has 1 fully saturated rings. The van der Waals surface area contributed by atoms with Gasteiger partial charge < -0.3 is 9.80 Å². The number of benzene rings is 1. The Morgan fingerprint density at radius 3 is 2.44 bits per heavy atom. The maximum absolute atomic E-state index is 12.3. The molecule has 96 valence electrons. The molecule has 0 aromatic heterocycles. The lowest BCUT2D eigenvalue weighted by Gasteiger charge is -2.23. The molecule has 0 saturated carbocycles. The molecule has 1 atom stereocenters. The summed E-state index contributed by atoms with van der Waals surface area (Å²) in [5.74, 6) is -0.0680. The molecule has 4 heteroatoms. The number of likely N-dealkylation sites (N-methyl/N-ethyl adjacent to an activating group) is 2. The van der Waals surface area contributed by atoms with Crippen LogP contribution in [0.4, 0.5) is 0 Å². The van der Waals surface area contributed by atoms with Gasteiger partial charge >= 0.3 is 0 Å². The van der Waals surface area contributed by atoms with E-state index in [-0.39, 0.29) is 17.9 Å². The highest BCUT2D eigenvalue weighted by atomic mass is 16.2. The molecule has 1 saturated heterocycles. The van der Waals surface area contributed by atoms with Gasteiger partial charge in [0.2, 0.25) is 5.91 Å². The molecule has 1 unspecified atom stereocenters. The van der Waals surface area contributed by atoms with Crippen LogP contribution in [0.25, 0.3) is 0 Å². The number of likely N-dealkylation sites (tertiary alicyclic amines) is 1. The first-order chi connectivity index (χ1) is 8.50. The Kier molecular flexibility index (Phi) is 3.36. The summed E-state index contributed by atoms with van der Waals surface area (Å²) in [5, 5.41) is 0. The van der Waals surface area contributed by atoms with E-state index in [1.807, 2.05) is 19.1 Å². The van der Waals surface area contributed by atoms with E-state index in [9.17, 15) is 9.59 Å². The standard InChI is InChI=1S/C14H18N2O2/c1-10-4-6-11(7-5-10)13(17)16(3)12-8-9-15(2)14(12)18/h4-7,12H,8-9H2,1-3H3. The molecule has 2 rings (SSSR count). The number of amides is 2. The van der Waals surface area contributed by atoms with Gasteiger partial charge in [0.1, 0.15) is 6.04 Å². The fourth-order valence-corrected chi connectivity index (χ4v) is 2.20. The van der Waals surface area contributed by atoms with E-state index in [2.05, 4.69) is 0 Å². The van der Waals surface area contributed by atoms with E-state index in [0.717, 1.165) is 12.1 Å². The average Bonchev–Trinajstić information content (AvgIpc) is 2.69. The Hall–Kier alpha value is -1.84. The summed E-state index contributed by atoms with van der Waals surface area (Å²) in [7, 11) is 3.47. The van der Waals surface area contributed by atoms with Crippen LogP contribution in [-0.2, 0) is 4.79 Å². The normalized spacial score (nSPS) is 19.2. The zero-order chi connectivity index (χ0) is 13.3. The summed E-state index contributed by atoms with van der Waals surface area (Å²) < 4.78 is 0. The van der Waals surface area contributed by atoms with Crippen molar-refractivity contribution in [3.8, 4) is 0 Å². The maximum atomic E-state index is 12.3. The first kappa shape index (κ1) is 12.6. The Morgan fingerprint density at radius 1 is 1.33 bits per heavy atom. The minimum Gasteiger partial charge on any atom is -0.344 e. The molecule has 1 aliphatic heterocycles. The first-order valence-corrected chi connectivity index (χ1v) is 6.09. The van der Waals surface area contributed by atoms with Crippen LogP contribution in [0.5, 0.6) is 0 Å². The third-order valence-corrected chi connectivity index (χ3v) is 3.49. The van der Waals surface area contributed by atoms with Gasteiger partial charge in [0.25, 0.3) is 5.91 Å². The second-order valence-corrected chi connectivity index (χ2v) is 4.85. The van der Waals surface area contributed by atoms with Crippen molar-refractivity contribution in [3.05, 3.63) is 35.4 Å². The van der Waals surface area contributed by atoms with Gasteiger partial charge in [-0.2, -0.15) is 0 Å². The quantitative estimate of drug-likeness (QED) is 0.789. The van der Waals surface area contributed by atoms with Crippen LogP contribution in [-0.4, -0.2) is 48.3 Å². The summed E-state index contributed by atoms with van der Waals surface area (Å²) in [6, 6.07) is 7.10. The number of hydrogen-bond acceptors (Lipinski definition) is 2. The maximum Gasteiger partial charge on any atom is 0.254 e. The third-order valence-electron chi connectivity index (χ3n) is 3.49. The summed E-state index contributed by atoms with van der Waals surface area (Å²) in [6.45, 7) is 2.70. The van der Waals surface area contributed by atoms with Crippen molar-refractivity contribution < 1.29 is 9.59 Å². The number of aryl methyl sites for hydroxylation is 1. The number of nitrogens with zero attached hydrogens (tertiary/aromatic N) is 2. The molecule has 1 aromatic rings. The lowest BCUT2D eigenvalue weighted by molar-refractivity contribution is -0.130. The molecule has 0 radical (unpaired) electrons. The minimum absolute atomic E-state index is 0.0259. The number of rotatable bonds is 2. The second-order valence-electron chi connectivity index (χ2n) is 4.85. The molecule has 0 aliphatic carbocycles. The zero-order valence-electron chi connectivity index (χ0n) is 11.0. The highest BCUT2D eigenvalue weighted by Crippen LogP contribution is 2.17. The SMILES string of the molecule is Cc1ccc(C(=O)N(C)C2CCN(C)C2=O)cc1. The predicted molar refractivity (Wildman–Crippen MR) is 69.3 cm³/mol. The monoisotopic (exact) mass is 246 g/mol. The van der Waals surface area contributed by atoms with E-state index < -0.39 is 0 Å². The summed E-state index contributed by atoms with van der Waals surface area (Å²) in [6.07, 6.45) is 0.712. The van der Waals surface area contributed by atoms with Crippen molar-refractivity contribution in [3.63, 3.8) is 0 Å². The number of carbonyl (C=O) groups excluding carboxylic acids is 2. The fourth-order valence-electron chi connectivity index (χ4n) is 2.20. The summed E-state index contributed by atoms with van der Waals surface area (Å²) in [4.78, 5) is 27.3. The van der Waals surface area contributed by atoms with Crippen LogP contribution in [0.15, 0.2) is 24.3 Å². The van der Waals surface area contributed by atoms with Crippen LogP contribution in [0.1, 0.15) is 22.3 Å². The van der Waals surface area contributed by atoms with Crippen LogP contribution in [0, 0.1) is 6.92 Å². The fraction of sp³-hybridized carbons (Fsp3) is 0.429. The Labute approximate surface area is 107 Å². The Bertz CT molecular complexity index is 467. The smallest absolute Gasteiger partial charge is 0.254 e.